The van der Waals surface area contributed by atoms with Gasteiger partial charge in [0.2, 0.25) is 23.2 Å². The van der Waals surface area contributed by atoms with Crippen LogP contribution >= 0.6 is 23.4 Å². The smallest absolute Gasteiger partial charge is 0.250 e. The second-order valence-corrected chi connectivity index (χ2v) is 16.7. The molecule has 3 aromatic rings. The number of hydrogen-bond donors (Lipinski definition) is 2. The number of amides is 2. The summed E-state index contributed by atoms with van der Waals surface area (Å²) >= 11 is 8.17. The van der Waals surface area contributed by atoms with Crippen LogP contribution in [0.4, 0.5) is 0 Å². The number of likely N-dealkylation sites (tertiary alicyclic amines) is 1. The Hall–Kier alpha value is -4.75. The van der Waals surface area contributed by atoms with E-state index in [1.807, 2.05) is 46.1 Å². The molecule has 1 fully saturated rings. The molecule has 14 heteroatoms. The minimum atomic E-state index is -1.98. The standard InChI is InChI=1S/C43H48ClN3O9S/c1-24-17-31(48)37(41(52)43(24)42(53)38-32(54-2)20-33(55-3)39(44)40(38)56-43)29(26-12-14-28(57-4)15-13-26)19-34(49)45-16-7-5-6-10-35(50)46-21-25-18-27(23-46)30-9-8-11-36(51)47(30)22-25/h8-9,11-15,20,24-25,27,29,52H,5-7,10,16-19,21-23H2,1-4H3,(H,45,49)/t24-,25-,27+,29?,43+/m1/s1. The lowest BCUT2D eigenvalue weighted by molar-refractivity contribution is -0.134. The van der Waals surface area contributed by atoms with Gasteiger partial charge in [0, 0.05) is 91.5 Å². The molecule has 0 saturated carbocycles. The Morgan fingerprint density at radius 1 is 1.04 bits per heavy atom. The van der Waals surface area contributed by atoms with Crippen molar-refractivity contribution in [2.45, 2.75) is 80.7 Å². The summed E-state index contributed by atoms with van der Waals surface area (Å²) in [6, 6.07) is 14.3. The second kappa shape index (κ2) is 16.6. The van der Waals surface area contributed by atoms with Crippen LogP contribution < -0.4 is 25.1 Å². The predicted molar refractivity (Wildman–Crippen MR) is 216 cm³/mol. The van der Waals surface area contributed by atoms with Crippen molar-refractivity contribution in [3.05, 3.63) is 92.1 Å². The summed E-state index contributed by atoms with van der Waals surface area (Å²) in [6.45, 7) is 3.95. The number of aliphatic hydroxyl groups is 1. The molecule has 2 N–H and O–H groups in total. The number of methoxy groups -OCH3 is 2. The molecule has 1 aromatic heterocycles. The number of thioether (sulfide) groups is 1. The summed E-state index contributed by atoms with van der Waals surface area (Å²) in [7, 11) is 2.81. The quantitative estimate of drug-likeness (QED) is 0.145. The maximum Gasteiger partial charge on any atom is 0.250 e. The van der Waals surface area contributed by atoms with Crippen LogP contribution in [0.3, 0.4) is 0 Å². The summed E-state index contributed by atoms with van der Waals surface area (Å²) in [4.78, 5) is 70.4. The summed E-state index contributed by atoms with van der Waals surface area (Å²) in [5, 5.41) is 15.2. The fraction of sp³-hybridized carbons (Fsp3) is 0.465. The minimum absolute atomic E-state index is 0.00689. The number of rotatable bonds is 13. The van der Waals surface area contributed by atoms with Crippen molar-refractivity contribution < 1.29 is 38.5 Å². The van der Waals surface area contributed by atoms with Crippen molar-refractivity contribution in [1.82, 2.24) is 14.8 Å². The van der Waals surface area contributed by atoms with Gasteiger partial charge in [0.1, 0.15) is 22.1 Å². The molecule has 2 bridgehead atoms. The van der Waals surface area contributed by atoms with Crippen molar-refractivity contribution in [2.75, 3.05) is 40.1 Å². The maximum absolute atomic E-state index is 14.4. The first-order valence-corrected chi connectivity index (χ1v) is 21.0. The first-order chi connectivity index (χ1) is 27.4. The summed E-state index contributed by atoms with van der Waals surface area (Å²) in [6.07, 6.45) is 5.10. The predicted octanol–water partition coefficient (Wildman–Crippen LogP) is 6.47. The van der Waals surface area contributed by atoms with Crippen molar-refractivity contribution in [2.24, 2.45) is 11.8 Å². The van der Waals surface area contributed by atoms with Gasteiger partial charge in [-0.15, -0.1) is 11.8 Å². The van der Waals surface area contributed by atoms with E-state index in [-0.39, 0.29) is 81.2 Å². The topological polar surface area (TPSA) is 153 Å². The van der Waals surface area contributed by atoms with Crippen LogP contribution in [0.15, 0.2) is 69.6 Å². The number of pyridine rings is 1. The average molecular weight is 818 g/mol. The molecule has 12 nitrogen and oxygen atoms in total. The van der Waals surface area contributed by atoms with E-state index in [2.05, 4.69) is 5.32 Å². The van der Waals surface area contributed by atoms with E-state index >= 15 is 0 Å². The number of Topliss-reactive ketones (excluding diaryl/α,β-unsaturated/α-hetero) is 2. The largest absolute Gasteiger partial charge is 0.507 e. The number of nitrogens with one attached hydrogen (secondary N) is 1. The minimum Gasteiger partial charge on any atom is -0.507 e. The fourth-order valence-corrected chi connectivity index (χ4v) is 9.76. The SMILES string of the molecule is COc1cc(OC)c2c(c1Cl)O[C@]1(C2=O)C(O)=C(C(CC(=O)NCCCCCC(=O)N2C[C@H]3C[C@@H](C2)c2cccc(=O)n2C3)c2ccc(SC)cc2)C(=O)C[C@H]1C. The van der Waals surface area contributed by atoms with Gasteiger partial charge in [-0.25, -0.2) is 0 Å². The number of hydrogen-bond acceptors (Lipinski definition) is 10. The molecule has 2 aromatic carbocycles. The third-order valence-corrected chi connectivity index (χ3v) is 13.1. The Morgan fingerprint density at radius 2 is 1.79 bits per heavy atom. The normalized spacial score (nSPS) is 22.8. The number of ketones is 2. The van der Waals surface area contributed by atoms with E-state index in [0.717, 1.165) is 23.4 Å². The van der Waals surface area contributed by atoms with Crippen molar-refractivity contribution in [3.63, 3.8) is 0 Å². The highest BCUT2D eigenvalue weighted by Crippen LogP contribution is 2.56. The number of carbonyl (C=O) groups is 4. The molecule has 302 valence electrons. The van der Waals surface area contributed by atoms with Crippen molar-refractivity contribution in [1.29, 1.82) is 0 Å². The molecular weight excluding hydrogens is 770 g/mol. The van der Waals surface area contributed by atoms with Gasteiger partial charge in [-0.1, -0.05) is 43.1 Å². The molecule has 1 saturated heterocycles. The van der Waals surface area contributed by atoms with Gasteiger partial charge >= 0.3 is 0 Å². The summed E-state index contributed by atoms with van der Waals surface area (Å²) < 4.78 is 19.1. The van der Waals surface area contributed by atoms with E-state index in [1.54, 1.807) is 30.8 Å². The highest BCUT2D eigenvalue weighted by molar-refractivity contribution is 7.98. The van der Waals surface area contributed by atoms with Gasteiger partial charge in [-0.2, -0.15) is 0 Å². The molecule has 4 aliphatic rings. The third-order valence-electron chi connectivity index (χ3n) is 12.0. The van der Waals surface area contributed by atoms with Gasteiger partial charge < -0.3 is 34.1 Å². The number of unbranched alkanes of at least 4 members (excludes halogenated alkanes) is 2. The molecule has 5 atom stereocenters. The van der Waals surface area contributed by atoms with E-state index in [9.17, 15) is 29.1 Å². The van der Waals surface area contributed by atoms with Gasteiger partial charge in [-0.3, -0.25) is 24.0 Å². The number of allylic oxidation sites excluding steroid dienone is 1. The number of aromatic nitrogens is 1. The van der Waals surface area contributed by atoms with Gasteiger partial charge in [0.15, 0.2) is 17.3 Å². The summed E-state index contributed by atoms with van der Waals surface area (Å²) in [5.41, 5.74) is -0.338. The average Bonchev–Trinajstić information content (AvgIpc) is 3.52. The van der Waals surface area contributed by atoms with Crippen LogP contribution in [0.2, 0.25) is 5.02 Å². The van der Waals surface area contributed by atoms with Gasteiger partial charge in [0.05, 0.1) is 14.2 Å². The van der Waals surface area contributed by atoms with E-state index < -0.39 is 29.0 Å². The van der Waals surface area contributed by atoms with Gasteiger partial charge in [0.25, 0.3) is 5.56 Å². The lowest BCUT2D eigenvalue weighted by atomic mass is 9.69. The first-order valence-electron chi connectivity index (χ1n) is 19.4. The van der Waals surface area contributed by atoms with Gasteiger partial charge in [-0.05, 0) is 55.2 Å². The maximum atomic E-state index is 14.4. The van der Waals surface area contributed by atoms with E-state index in [0.29, 0.717) is 51.0 Å². The molecule has 4 heterocycles. The molecule has 1 spiro atoms. The molecular formula is C43H48ClN3O9S. The number of nitrogens with zero attached hydrogens (tertiary/aromatic N) is 2. The number of ether oxygens (including phenoxy) is 3. The van der Waals surface area contributed by atoms with Crippen LogP contribution in [0, 0.1) is 11.8 Å². The Bertz CT molecular complexity index is 2190. The van der Waals surface area contributed by atoms with Crippen LogP contribution in [-0.4, -0.2) is 83.7 Å². The number of halogens is 1. The molecule has 1 unspecified atom stereocenters. The van der Waals surface area contributed by atoms with Crippen LogP contribution in [0.1, 0.15) is 85.3 Å². The Labute approximate surface area is 340 Å². The molecule has 7 rings (SSSR count). The summed E-state index contributed by atoms with van der Waals surface area (Å²) in [5.74, 6) is -2.63. The monoisotopic (exact) mass is 817 g/mol. The Balaban J connectivity index is 1.02. The number of piperidine rings is 1. The zero-order valence-corrected chi connectivity index (χ0v) is 34.2. The van der Waals surface area contributed by atoms with E-state index in [1.165, 1.54) is 20.3 Å². The second-order valence-electron chi connectivity index (χ2n) is 15.4. The van der Waals surface area contributed by atoms with Crippen molar-refractivity contribution in [3.8, 4) is 17.2 Å². The number of carbonyl (C=O) groups excluding carboxylic acids is 4. The lowest BCUT2D eigenvalue weighted by Gasteiger charge is -2.42. The number of benzene rings is 2. The van der Waals surface area contributed by atoms with E-state index in [4.69, 9.17) is 25.8 Å². The lowest BCUT2D eigenvalue weighted by Crippen LogP contribution is -2.53. The Kier molecular flexibility index (Phi) is 11.8. The molecule has 3 aliphatic heterocycles. The third kappa shape index (κ3) is 7.44. The highest BCUT2D eigenvalue weighted by atomic mass is 35.5. The number of fused-ring (bicyclic) bond motifs is 5. The molecule has 1 aliphatic carbocycles. The Morgan fingerprint density at radius 3 is 2.51 bits per heavy atom. The molecule has 2 amide bonds. The van der Waals surface area contributed by atoms with Crippen LogP contribution in [0.5, 0.6) is 17.2 Å². The molecule has 57 heavy (non-hydrogen) atoms. The van der Waals surface area contributed by atoms with Crippen LogP contribution in [0.25, 0.3) is 0 Å². The zero-order valence-electron chi connectivity index (χ0n) is 32.6. The highest BCUT2D eigenvalue weighted by Gasteiger charge is 2.61. The fourth-order valence-electron chi connectivity index (χ4n) is 9.08. The first kappa shape index (κ1) is 40.4. The van der Waals surface area contributed by atoms with Crippen molar-refractivity contribution >= 4 is 46.7 Å². The number of aliphatic hydroxyl groups excluding tert-OH is 1. The van der Waals surface area contributed by atoms with Crippen LogP contribution in [-0.2, 0) is 20.9 Å². The molecule has 0 radical (unpaired) electrons. The zero-order chi connectivity index (χ0) is 40.6.